The molecule has 0 aromatic heterocycles. The van der Waals surface area contributed by atoms with Crippen LogP contribution in [-0.2, 0) is 4.79 Å². The van der Waals surface area contributed by atoms with Gasteiger partial charge in [-0.1, -0.05) is 13.3 Å². The number of hydrogen-bond donors (Lipinski definition) is 0. The summed E-state index contributed by atoms with van der Waals surface area (Å²) >= 11 is 0. The molecule has 17 heavy (non-hydrogen) atoms. The van der Waals surface area contributed by atoms with Crippen LogP contribution < -0.4 is 0 Å². The minimum atomic E-state index is 0.103. The van der Waals surface area contributed by atoms with Gasteiger partial charge in [0.25, 0.3) is 0 Å². The van der Waals surface area contributed by atoms with Crippen LogP contribution in [0.2, 0.25) is 0 Å². The third-order valence-corrected chi connectivity index (χ3v) is 3.31. The van der Waals surface area contributed by atoms with Crippen molar-refractivity contribution in [2.45, 2.75) is 33.6 Å². The fourth-order valence-corrected chi connectivity index (χ4v) is 2.68. The highest BCUT2D eigenvalue weighted by Gasteiger charge is 2.42. The molecule has 0 N–H and O–H groups in total. The van der Waals surface area contributed by atoms with Gasteiger partial charge in [0.05, 0.1) is 7.05 Å². The SMILES string of the molecule is CCCC1=C[N+]2(C)C(=NC(C)=C2C(C)=O)C=C1. The number of carbonyl (C=O) groups is 1. The van der Waals surface area contributed by atoms with Gasteiger partial charge in [-0.15, -0.1) is 0 Å². The molecule has 2 heterocycles. The van der Waals surface area contributed by atoms with E-state index in [2.05, 4.69) is 24.2 Å². The fraction of sp³-hybridized carbons (Fsp3) is 0.429. The van der Waals surface area contributed by atoms with E-state index in [-0.39, 0.29) is 5.78 Å². The van der Waals surface area contributed by atoms with Gasteiger partial charge >= 0.3 is 0 Å². The van der Waals surface area contributed by atoms with E-state index >= 15 is 0 Å². The average molecular weight is 231 g/mol. The molecule has 0 amide bonds. The lowest BCUT2D eigenvalue weighted by Gasteiger charge is -2.29. The van der Waals surface area contributed by atoms with Gasteiger partial charge in [-0.2, -0.15) is 4.99 Å². The molecule has 1 unspecified atom stereocenters. The Bertz CT molecular complexity index is 494. The lowest BCUT2D eigenvalue weighted by molar-refractivity contribution is -0.715. The predicted molar refractivity (Wildman–Crippen MR) is 69.1 cm³/mol. The number of quaternary nitrogens is 1. The summed E-state index contributed by atoms with van der Waals surface area (Å²) in [4.78, 5) is 16.3. The molecule has 2 rings (SSSR count). The molecule has 0 radical (unpaired) electrons. The summed E-state index contributed by atoms with van der Waals surface area (Å²) in [5.74, 6) is 1.04. The second-order valence-electron chi connectivity index (χ2n) is 4.82. The summed E-state index contributed by atoms with van der Waals surface area (Å²) in [5.41, 5.74) is 2.91. The van der Waals surface area contributed by atoms with E-state index in [0.29, 0.717) is 4.48 Å². The molecule has 0 bridgehead atoms. The number of carbonyl (C=O) groups excluding carboxylic acids is 1. The maximum atomic E-state index is 11.8. The van der Waals surface area contributed by atoms with E-state index in [1.54, 1.807) is 6.92 Å². The number of likely N-dealkylation sites (N-methyl/N-ethyl adjacent to an activating group) is 1. The van der Waals surface area contributed by atoms with Crippen molar-refractivity contribution < 1.29 is 9.28 Å². The van der Waals surface area contributed by atoms with Gasteiger partial charge in [-0.25, -0.2) is 4.48 Å². The van der Waals surface area contributed by atoms with Gasteiger partial charge in [0.1, 0.15) is 11.9 Å². The molecule has 2 aliphatic heterocycles. The van der Waals surface area contributed by atoms with Crippen LogP contribution in [0, 0.1) is 0 Å². The largest absolute Gasteiger partial charge is 0.288 e. The third kappa shape index (κ3) is 1.80. The Morgan fingerprint density at radius 3 is 2.71 bits per heavy atom. The van der Waals surface area contributed by atoms with E-state index in [4.69, 9.17) is 0 Å². The Balaban J connectivity index is 2.48. The number of hydrogen-bond acceptors (Lipinski definition) is 2. The quantitative estimate of drug-likeness (QED) is 0.687. The second-order valence-corrected chi connectivity index (χ2v) is 4.82. The van der Waals surface area contributed by atoms with Crippen LogP contribution in [0.3, 0.4) is 0 Å². The average Bonchev–Trinajstić information content (AvgIpc) is 2.48. The minimum Gasteiger partial charge on any atom is -0.288 e. The highest BCUT2D eigenvalue weighted by molar-refractivity contribution is 6.01. The zero-order valence-electron chi connectivity index (χ0n) is 10.9. The first-order valence-electron chi connectivity index (χ1n) is 6.06. The van der Waals surface area contributed by atoms with E-state index in [9.17, 15) is 4.79 Å². The molecule has 0 spiro atoms. The third-order valence-electron chi connectivity index (χ3n) is 3.31. The lowest BCUT2D eigenvalue weighted by atomic mass is 10.1. The van der Waals surface area contributed by atoms with Crippen molar-refractivity contribution in [3.63, 3.8) is 0 Å². The Kier molecular flexibility index (Phi) is 2.87. The molecule has 0 aliphatic carbocycles. The van der Waals surface area contributed by atoms with Gasteiger partial charge in [0.15, 0.2) is 0 Å². The van der Waals surface area contributed by atoms with Crippen molar-refractivity contribution in [2.24, 2.45) is 4.99 Å². The topological polar surface area (TPSA) is 29.4 Å². The van der Waals surface area contributed by atoms with Gasteiger partial charge in [-0.3, -0.25) is 4.79 Å². The second kappa shape index (κ2) is 4.08. The lowest BCUT2D eigenvalue weighted by Crippen LogP contribution is -2.43. The molecule has 0 aromatic carbocycles. The molecule has 1 atom stereocenters. The Hall–Kier alpha value is -1.48. The first-order valence-corrected chi connectivity index (χ1v) is 6.06. The molecule has 3 nitrogen and oxygen atoms in total. The summed E-state index contributed by atoms with van der Waals surface area (Å²) in [7, 11) is 2.03. The Morgan fingerprint density at radius 2 is 2.12 bits per heavy atom. The maximum Gasteiger partial charge on any atom is 0.237 e. The predicted octanol–water partition coefficient (Wildman–Crippen LogP) is 2.92. The number of Topliss-reactive ketones (excluding diaryl/α,β-unsaturated/α-hetero) is 1. The number of aliphatic imine (C=N–C) groups is 1. The van der Waals surface area contributed by atoms with Crippen LogP contribution in [0.15, 0.2) is 40.3 Å². The van der Waals surface area contributed by atoms with Crippen LogP contribution in [0.25, 0.3) is 0 Å². The monoisotopic (exact) mass is 231 g/mol. The summed E-state index contributed by atoms with van der Waals surface area (Å²) in [6.07, 6.45) is 8.45. The molecule has 90 valence electrons. The zero-order chi connectivity index (χ0) is 12.6. The van der Waals surface area contributed by atoms with Gasteiger partial charge in [0, 0.05) is 18.6 Å². The molecule has 3 heteroatoms. The van der Waals surface area contributed by atoms with Gasteiger partial charge in [0.2, 0.25) is 17.3 Å². The van der Waals surface area contributed by atoms with Gasteiger partial charge in [-0.05, 0) is 19.4 Å². The molecule has 0 aromatic rings. The number of nitrogens with zero attached hydrogens (tertiary/aromatic N) is 2. The first-order chi connectivity index (χ1) is 7.99. The number of allylic oxidation sites excluding steroid dienone is 4. The minimum absolute atomic E-state index is 0.103. The van der Waals surface area contributed by atoms with Crippen LogP contribution in [0.5, 0.6) is 0 Å². The molecular formula is C14H19N2O+. The molecule has 2 aliphatic rings. The van der Waals surface area contributed by atoms with E-state index in [0.717, 1.165) is 30.1 Å². The number of rotatable bonds is 3. The van der Waals surface area contributed by atoms with E-state index < -0.39 is 0 Å². The molecule has 0 saturated heterocycles. The highest BCUT2D eigenvalue weighted by Crippen LogP contribution is 2.33. The van der Waals surface area contributed by atoms with E-state index in [1.165, 1.54) is 5.57 Å². The summed E-state index contributed by atoms with van der Waals surface area (Å²) in [6, 6.07) is 0. The van der Waals surface area contributed by atoms with E-state index in [1.807, 2.05) is 20.0 Å². The molecule has 0 fully saturated rings. The number of amidine groups is 1. The van der Waals surface area contributed by atoms with Crippen LogP contribution in [0.4, 0.5) is 0 Å². The van der Waals surface area contributed by atoms with Crippen LogP contribution in [-0.4, -0.2) is 23.1 Å². The Labute approximate surface area is 102 Å². The van der Waals surface area contributed by atoms with Crippen molar-refractivity contribution in [3.8, 4) is 0 Å². The van der Waals surface area contributed by atoms with Crippen molar-refractivity contribution >= 4 is 11.6 Å². The summed E-state index contributed by atoms with van der Waals surface area (Å²) in [6.45, 7) is 5.69. The van der Waals surface area contributed by atoms with Gasteiger partial charge < -0.3 is 0 Å². The van der Waals surface area contributed by atoms with Crippen molar-refractivity contribution in [3.05, 3.63) is 35.3 Å². The highest BCUT2D eigenvalue weighted by atomic mass is 16.1. The normalized spacial score (nSPS) is 26.8. The molecule has 0 saturated carbocycles. The van der Waals surface area contributed by atoms with Crippen LogP contribution >= 0.6 is 0 Å². The number of ketones is 1. The van der Waals surface area contributed by atoms with Crippen LogP contribution in [0.1, 0.15) is 33.6 Å². The Morgan fingerprint density at radius 1 is 1.41 bits per heavy atom. The number of fused-ring (bicyclic) bond motifs is 1. The first kappa shape index (κ1) is 12.0. The summed E-state index contributed by atoms with van der Waals surface area (Å²) in [5, 5.41) is 0. The van der Waals surface area contributed by atoms with Crippen molar-refractivity contribution in [1.29, 1.82) is 0 Å². The molecular weight excluding hydrogens is 212 g/mol. The van der Waals surface area contributed by atoms with Crippen molar-refractivity contribution in [2.75, 3.05) is 7.05 Å². The van der Waals surface area contributed by atoms with Crippen molar-refractivity contribution in [1.82, 2.24) is 0 Å². The standard InChI is InChI=1S/C14H19N2O/c1-5-6-12-7-8-13-15-10(2)14(11(3)17)16(13,4)9-12/h7-9H,5-6H2,1-4H3/q+1. The summed E-state index contributed by atoms with van der Waals surface area (Å²) < 4.78 is 0.438. The smallest absolute Gasteiger partial charge is 0.237 e. The zero-order valence-corrected chi connectivity index (χ0v) is 10.9. The fourth-order valence-electron chi connectivity index (χ4n) is 2.68. The maximum absolute atomic E-state index is 11.8.